The summed E-state index contributed by atoms with van der Waals surface area (Å²) in [5.41, 5.74) is -0.401. The first-order valence-corrected chi connectivity index (χ1v) is 10.3. The van der Waals surface area contributed by atoms with Crippen molar-refractivity contribution in [2.75, 3.05) is 5.32 Å². The molecule has 3 aromatic carbocycles. The molecule has 4 aromatic rings. The van der Waals surface area contributed by atoms with Crippen LogP contribution in [0.2, 0.25) is 0 Å². The van der Waals surface area contributed by atoms with Gasteiger partial charge < -0.3 is 10.1 Å². The summed E-state index contributed by atoms with van der Waals surface area (Å²) in [6.45, 7) is 1.38. The summed E-state index contributed by atoms with van der Waals surface area (Å²) in [6, 6.07) is 18.6. The van der Waals surface area contributed by atoms with E-state index in [1.807, 2.05) is 30.3 Å². The highest BCUT2D eigenvalue weighted by atomic mass is 19.1. The molecule has 0 bridgehead atoms. The number of aromatic nitrogens is 2. The highest BCUT2D eigenvalue weighted by molar-refractivity contribution is 6.03. The molecule has 1 atom stereocenters. The largest absolute Gasteiger partial charge is 0.448 e. The van der Waals surface area contributed by atoms with Crippen LogP contribution in [0.5, 0.6) is 0 Å². The predicted molar refractivity (Wildman–Crippen MR) is 121 cm³/mol. The van der Waals surface area contributed by atoms with Gasteiger partial charge in [-0.25, -0.2) is 18.3 Å². The van der Waals surface area contributed by atoms with Gasteiger partial charge in [0.1, 0.15) is 17.3 Å². The number of nitrogens with zero attached hydrogens (tertiary/aromatic N) is 2. The van der Waals surface area contributed by atoms with Crippen molar-refractivity contribution in [3.8, 4) is 0 Å². The number of benzene rings is 3. The number of carbonyl (C=O) groups excluding carboxylic acids is 2. The van der Waals surface area contributed by atoms with Gasteiger partial charge in [0.2, 0.25) is 0 Å². The van der Waals surface area contributed by atoms with Crippen molar-refractivity contribution in [1.82, 2.24) is 9.78 Å². The zero-order chi connectivity index (χ0) is 24.2. The number of hydrogen-bond acceptors (Lipinski definition) is 5. The van der Waals surface area contributed by atoms with Crippen molar-refractivity contribution in [2.24, 2.45) is 0 Å². The highest BCUT2D eigenvalue weighted by Gasteiger charge is 2.24. The van der Waals surface area contributed by atoms with Crippen molar-refractivity contribution < 1.29 is 23.1 Å². The zero-order valence-corrected chi connectivity index (χ0v) is 18.0. The maximum Gasteiger partial charge on any atom is 0.360 e. The molecule has 0 saturated carbocycles. The van der Waals surface area contributed by atoms with E-state index < -0.39 is 40.9 Å². The summed E-state index contributed by atoms with van der Waals surface area (Å²) in [5, 5.41) is 6.80. The zero-order valence-electron chi connectivity index (χ0n) is 18.0. The summed E-state index contributed by atoms with van der Waals surface area (Å²) in [5.74, 6) is -3.83. The number of halogens is 2. The van der Waals surface area contributed by atoms with Crippen LogP contribution < -0.4 is 10.9 Å². The minimum Gasteiger partial charge on any atom is -0.448 e. The van der Waals surface area contributed by atoms with Crippen LogP contribution in [0.1, 0.15) is 23.0 Å². The van der Waals surface area contributed by atoms with Crippen LogP contribution in [0.15, 0.2) is 77.6 Å². The Labute approximate surface area is 192 Å². The molecule has 0 aliphatic heterocycles. The molecule has 1 aromatic heterocycles. The highest BCUT2D eigenvalue weighted by Crippen LogP contribution is 2.19. The van der Waals surface area contributed by atoms with E-state index in [0.717, 1.165) is 28.4 Å². The van der Waals surface area contributed by atoms with Gasteiger partial charge in [-0.15, -0.1) is 0 Å². The predicted octanol–water partition coefficient (Wildman–Crippen LogP) is 3.91. The number of carbonyl (C=O) groups is 2. The second kappa shape index (κ2) is 9.62. The lowest BCUT2D eigenvalue weighted by Gasteiger charge is -2.15. The van der Waals surface area contributed by atoms with Crippen LogP contribution in [0.25, 0.3) is 10.8 Å². The third-order valence-electron chi connectivity index (χ3n) is 5.10. The lowest BCUT2D eigenvalue weighted by molar-refractivity contribution is -0.123. The second-order valence-corrected chi connectivity index (χ2v) is 7.48. The number of anilines is 1. The molecule has 0 saturated heterocycles. The molecule has 1 heterocycles. The van der Waals surface area contributed by atoms with Gasteiger partial charge in [-0.05, 0) is 30.7 Å². The molecular formula is C25H19F2N3O4. The number of rotatable bonds is 6. The molecule has 0 fully saturated rings. The Morgan fingerprint density at radius 1 is 0.941 bits per heavy atom. The van der Waals surface area contributed by atoms with Crippen LogP contribution >= 0.6 is 0 Å². The first-order chi connectivity index (χ1) is 16.3. The molecule has 9 heteroatoms. The Hall–Kier alpha value is -4.40. The fourth-order valence-electron chi connectivity index (χ4n) is 3.36. The van der Waals surface area contributed by atoms with Crippen molar-refractivity contribution in [3.63, 3.8) is 0 Å². The smallest absolute Gasteiger partial charge is 0.360 e. The fraction of sp³-hybridized carbons (Fsp3) is 0.120. The third kappa shape index (κ3) is 4.68. The number of esters is 1. The number of hydrogen-bond donors (Lipinski definition) is 1. The maximum atomic E-state index is 13.8. The van der Waals surface area contributed by atoms with Gasteiger partial charge in [0.15, 0.2) is 11.8 Å². The Kier molecular flexibility index (Phi) is 6.44. The van der Waals surface area contributed by atoms with Crippen molar-refractivity contribution in [3.05, 3.63) is 106 Å². The van der Waals surface area contributed by atoms with Crippen LogP contribution in [0.3, 0.4) is 0 Å². The van der Waals surface area contributed by atoms with Crippen LogP contribution in [0.4, 0.5) is 14.5 Å². The van der Waals surface area contributed by atoms with Gasteiger partial charge in [0.05, 0.1) is 11.9 Å². The molecule has 172 valence electrons. The molecule has 7 nitrogen and oxygen atoms in total. The Morgan fingerprint density at radius 3 is 2.24 bits per heavy atom. The summed E-state index contributed by atoms with van der Waals surface area (Å²) in [4.78, 5) is 38.3. The number of amides is 1. The molecule has 4 rings (SSSR count). The molecule has 34 heavy (non-hydrogen) atoms. The van der Waals surface area contributed by atoms with Crippen molar-refractivity contribution in [1.29, 1.82) is 0 Å². The van der Waals surface area contributed by atoms with Gasteiger partial charge >= 0.3 is 5.97 Å². The monoisotopic (exact) mass is 463 g/mol. The normalized spacial score (nSPS) is 11.7. The van der Waals surface area contributed by atoms with E-state index in [0.29, 0.717) is 0 Å². The van der Waals surface area contributed by atoms with E-state index in [1.165, 1.54) is 6.92 Å². The number of ether oxygens (including phenoxy) is 1. The number of fused-ring (bicyclic) bond motifs is 1. The van der Waals surface area contributed by atoms with E-state index >= 15 is 0 Å². The van der Waals surface area contributed by atoms with Crippen molar-refractivity contribution >= 4 is 28.3 Å². The van der Waals surface area contributed by atoms with Gasteiger partial charge in [-0.2, -0.15) is 5.10 Å². The van der Waals surface area contributed by atoms with Gasteiger partial charge in [0, 0.05) is 5.39 Å². The molecular weight excluding hydrogens is 444 g/mol. The minimum atomic E-state index is -1.40. The molecule has 0 aliphatic rings. The Balaban J connectivity index is 1.62. The topological polar surface area (TPSA) is 90.3 Å². The Morgan fingerprint density at radius 2 is 1.56 bits per heavy atom. The number of nitrogens with one attached hydrogen (secondary N) is 1. The average molecular weight is 463 g/mol. The summed E-state index contributed by atoms with van der Waals surface area (Å²) < 4.78 is 34.0. The van der Waals surface area contributed by atoms with Crippen LogP contribution in [-0.4, -0.2) is 27.8 Å². The minimum absolute atomic E-state index is 0.118. The molecule has 1 N–H and O–H groups in total. The summed E-state index contributed by atoms with van der Waals surface area (Å²) in [7, 11) is 0. The lowest BCUT2D eigenvalue weighted by atomic mass is 10.1. The first kappa shape index (κ1) is 22.8. The van der Waals surface area contributed by atoms with Crippen LogP contribution in [0, 0.1) is 11.6 Å². The van der Waals surface area contributed by atoms with Gasteiger partial charge in [-0.1, -0.05) is 54.6 Å². The van der Waals surface area contributed by atoms with Crippen LogP contribution in [-0.2, 0) is 16.1 Å². The van der Waals surface area contributed by atoms with Crippen molar-refractivity contribution in [2.45, 2.75) is 19.6 Å². The van der Waals surface area contributed by atoms with E-state index in [1.54, 1.807) is 24.3 Å². The molecule has 0 radical (unpaired) electrons. The van der Waals surface area contributed by atoms with Gasteiger partial charge in [-0.3, -0.25) is 9.59 Å². The van der Waals surface area contributed by atoms with E-state index in [2.05, 4.69) is 10.4 Å². The van der Waals surface area contributed by atoms with E-state index in [9.17, 15) is 23.2 Å². The summed E-state index contributed by atoms with van der Waals surface area (Å²) in [6.07, 6.45) is -1.40. The number of para-hydroxylation sites is 1. The quantitative estimate of drug-likeness (QED) is 0.438. The van der Waals surface area contributed by atoms with E-state index in [-0.39, 0.29) is 23.0 Å². The second-order valence-electron chi connectivity index (χ2n) is 7.48. The molecule has 0 aliphatic carbocycles. The molecule has 1 unspecified atom stereocenters. The fourth-order valence-corrected chi connectivity index (χ4v) is 3.36. The summed E-state index contributed by atoms with van der Waals surface area (Å²) >= 11 is 0. The lowest BCUT2D eigenvalue weighted by Crippen LogP contribution is -2.32. The maximum absolute atomic E-state index is 13.8. The van der Waals surface area contributed by atoms with Gasteiger partial charge in [0.25, 0.3) is 11.5 Å². The molecule has 0 spiro atoms. The average Bonchev–Trinajstić information content (AvgIpc) is 2.83. The molecule has 1 amide bonds. The first-order valence-electron chi connectivity index (χ1n) is 10.3. The van der Waals surface area contributed by atoms with E-state index in [4.69, 9.17) is 4.74 Å². The Bertz CT molecular complexity index is 1420. The SMILES string of the molecule is CC(OC(=O)c1nn(Cc2ccccc2)c(=O)c2ccccc12)C(=O)Nc1c(F)cccc1F. The third-order valence-corrected chi connectivity index (χ3v) is 5.10. The standard InChI is InChI=1S/C25H19F2N3O4/c1-15(23(31)28-22-19(26)12-7-13-20(22)27)34-25(33)21-17-10-5-6-11-18(17)24(32)30(29-21)14-16-8-3-2-4-9-16/h2-13,15H,14H2,1H3,(H,28,31).